The van der Waals surface area contributed by atoms with Gasteiger partial charge in [0.05, 0.1) is 6.42 Å². The van der Waals surface area contributed by atoms with Gasteiger partial charge in [0.15, 0.2) is 0 Å². The van der Waals surface area contributed by atoms with E-state index in [0.717, 1.165) is 29.7 Å². The van der Waals surface area contributed by atoms with Crippen molar-refractivity contribution in [3.05, 3.63) is 107 Å². The zero-order valence-electron chi connectivity index (χ0n) is 19.9. The molecule has 36 heavy (non-hydrogen) atoms. The molecule has 0 aliphatic rings. The topological polar surface area (TPSA) is 0 Å². The van der Waals surface area contributed by atoms with Gasteiger partial charge < -0.3 is 0 Å². The van der Waals surface area contributed by atoms with Crippen LogP contribution in [0.3, 0.4) is 0 Å². The maximum Gasteiger partial charge on any atom is 0.393 e. The first kappa shape index (κ1) is 25.4. The van der Waals surface area contributed by atoms with Gasteiger partial charge in [-0.1, -0.05) is 74.1 Å². The number of fused-ring (bicyclic) bond motifs is 1. The molecular weight excluding hydrogens is 467 g/mol. The number of hydrogen-bond acceptors (Lipinski definition) is 0. The lowest BCUT2D eigenvalue weighted by molar-refractivity contribution is -0.127. The van der Waals surface area contributed by atoms with Crippen molar-refractivity contribution in [2.24, 2.45) is 0 Å². The Labute approximate surface area is 207 Å². The van der Waals surface area contributed by atoms with Crippen LogP contribution in [0, 0.1) is 23.5 Å². The third-order valence-electron chi connectivity index (χ3n) is 6.08. The van der Waals surface area contributed by atoms with Crippen LogP contribution < -0.4 is 0 Å². The summed E-state index contributed by atoms with van der Waals surface area (Å²) in [5.74, 6) is 4.67. The molecule has 0 heterocycles. The van der Waals surface area contributed by atoms with Gasteiger partial charge in [-0.25, -0.2) is 8.78 Å². The summed E-state index contributed by atoms with van der Waals surface area (Å²) < 4.78 is 67.3. The molecule has 0 N–H and O–H groups in total. The van der Waals surface area contributed by atoms with Gasteiger partial charge in [0.25, 0.3) is 0 Å². The van der Waals surface area contributed by atoms with Crippen molar-refractivity contribution in [1.29, 1.82) is 0 Å². The van der Waals surface area contributed by atoms with E-state index in [4.69, 9.17) is 0 Å². The highest BCUT2D eigenvalue weighted by Crippen LogP contribution is 2.32. The highest BCUT2D eigenvalue weighted by atomic mass is 19.4. The lowest BCUT2D eigenvalue weighted by atomic mass is 9.97. The number of alkyl halides is 3. The molecule has 5 heteroatoms. The van der Waals surface area contributed by atoms with Crippen LogP contribution in [0.5, 0.6) is 0 Å². The van der Waals surface area contributed by atoms with Crippen molar-refractivity contribution in [2.45, 2.75) is 45.2 Å². The maximum atomic E-state index is 15.3. The first-order chi connectivity index (χ1) is 17.2. The molecule has 4 aromatic carbocycles. The summed E-state index contributed by atoms with van der Waals surface area (Å²) in [7, 11) is 0. The van der Waals surface area contributed by atoms with E-state index in [1.165, 1.54) is 37.0 Å². The molecule has 0 saturated carbocycles. The Morgan fingerprint density at radius 1 is 0.750 bits per heavy atom. The van der Waals surface area contributed by atoms with Crippen molar-refractivity contribution >= 4 is 10.8 Å². The molecule has 0 atom stereocenters. The van der Waals surface area contributed by atoms with Gasteiger partial charge in [0.1, 0.15) is 11.6 Å². The number of unbranched alkanes of at least 4 members (excludes halogenated alkanes) is 2. The molecule has 0 aromatic heterocycles. The minimum Gasteiger partial charge on any atom is -0.207 e. The van der Waals surface area contributed by atoms with Crippen molar-refractivity contribution in [1.82, 2.24) is 0 Å². The second kappa shape index (κ2) is 11.0. The Morgan fingerprint density at radius 2 is 1.47 bits per heavy atom. The highest BCUT2D eigenvalue weighted by molar-refractivity contribution is 5.89. The van der Waals surface area contributed by atoms with Gasteiger partial charge >= 0.3 is 6.18 Å². The molecule has 0 fully saturated rings. The molecule has 0 saturated heterocycles. The van der Waals surface area contributed by atoms with Crippen LogP contribution in [0.25, 0.3) is 21.9 Å². The van der Waals surface area contributed by atoms with Gasteiger partial charge in [-0.05, 0) is 65.3 Å². The van der Waals surface area contributed by atoms with Crippen LogP contribution in [-0.2, 0) is 12.8 Å². The third kappa shape index (κ3) is 6.31. The highest BCUT2D eigenvalue weighted by Gasteiger charge is 2.29. The van der Waals surface area contributed by atoms with Crippen LogP contribution in [0.4, 0.5) is 22.0 Å². The van der Waals surface area contributed by atoms with E-state index < -0.39 is 29.8 Å². The average molecular weight is 493 g/mol. The van der Waals surface area contributed by atoms with E-state index in [2.05, 4.69) is 30.9 Å². The zero-order valence-corrected chi connectivity index (χ0v) is 19.9. The first-order valence-electron chi connectivity index (χ1n) is 11.9. The lowest BCUT2D eigenvalue weighted by Crippen LogP contribution is -2.12. The van der Waals surface area contributed by atoms with E-state index >= 15 is 4.39 Å². The smallest absolute Gasteiger partial charge is 0.207 e. The molecule has 0 bridgehead atoms. The van der Waals surface area contributed by atoms with Crippen molar-refractivity contribution in [3.63, 3.8) is 0 Å². The summed E-state index contributed by atoms with van der Waals surface area (Å²) in [6.45, 7) is 2.18. The standard InChI is InChI=1S/C31H25F5/c1-2-3-4-5-21-6-8-22(9-7-21)10-11-23-12-16-27-24(18-23)15-17-28(30(27)33)25-13-14-26(29(32)19-25)20-31(34,35)36/h6-9,12-19H,2-5,20H2,1H3. The zero-order chi connectivity index (χ0) is 25.7. The molecule has 4 aromatic rings. The van der Waals surface area contributed by atoms with Gasteiger partial charge in [-0.3, -0.25) is 0 Å². The fourth-order valence-electron chi connectivity index (χ4n) is 4.14. The van der Waals surface area contributed by atoms with Crippen LogP contribution in [0.1, 0.15) is 48.4 Å². The third-order valence-corrected chi connectivity index (χ3v) is 6.08. The number of benzene rings is 4. The van der Waals surface area contributed by atoms with E-state index in [1.54, 1.807) is 24.3 Å². The normalized spacial score (nSPS) is 11.4. The van der Waals surface area contributed by atoms with Gasteiger partial charge in [-0.2, -0.15) is 13.2 Å². The second-order valence-electron chi connectivity index (χ2n) is 8.87. The molecule has 0 unspecified atom stereocenters. The first-order valence-corrected chi connectivity index (χ1v) is 11.9. The maximum absolute atomic E-state index is 15.3. The molecule has 0 radical (unpaired) electrons. The van der Waals surface area contributed by atoms with Gasteiger partial charge in [0.2, 0.25) is 0 Å². The Kier molecular flexibility index (Phi) is 7.74. The molecule has 0 amide bonds. The predicted molar refractivity (Wildman–Crippen MR) is 135 cm³/mol. The number of rotatable bonds is 6. The summed E-state index contributed by atoms with van der Waals surface area (Å²) in [4.78, 5) is 0. The number of aryl methyl sites for hydroxylation is 1. The minimum absolute atomic E-state index is 0.123. The Hall–Kier alpha value is -3.65. The Bertz CT molecular complexity index is 1420. The van der Waals surface area contributed by atoms with Crippen molar-refractivity contribution < 1.29 is 22.0 Å². The summed E-state index contributed by atoms with van der Waals surface area (Å²) >= 11 is 0. The Morgan fingerprint density at radius 3 is 2.17 bits per heavy atom. The van der Waals surface area contributed by atoms with E-state index in [1.807, 2.05) is 12.1 Å². The Balaban J connectivity index is 1.55. The number of halogens is 5. The quantitative estimate of drug-likeness (QED) is 0.143. The van der Waals surface area contributed by atoms with Crippen LogP contribution in [0.2, 0.25) is 0 Å². The fraction of sp³-hybridized carbons (Fsp3) is 0.226. The summed E-state index contributed by atoms with van der Waals surface area (Å²) in [5.41, 5.74) is 2.75. The fourth-order valence-corrected chi connectivity index (χ4v) is 4.14. The molecule has 0 spiro atoms. The van der Waals surface area contributed by atoms with Crippen LogP contribution in [-0.4, -0.2) is 6.18 Å². The molecule has 0 aliphatic carbocycles. The lowest BCUT2D eigenvalue weighted by Gasteiger charge is -2.11. The second-order valence-corrected chi connectivity index (χ2v) is 8.87. The number of hydrogen-bond donors (Lipinski definition) is 0. The summed E-state index contributed by atoms with van der Waals surface area (Å²) in [6.07, 6.45) is -1.24. The monoisotopic (exact) mass is 492 g/mol. The van der Waals surface area contributed by atoms with Gasteiger partial charge in [-0.15, -0.1) is 0 Å². The van der Waals surface area contributed by atoms with Crippen molar-refractivity contribution in [3.8, 4) is 23.0 Å². The molecule has 184 valence electrons. The van der Waals surface area contributed by atoms with E-state index in [-0.39, 0.29) is 11.1 Å². The SMILES string of the molecule is CCCCCc1ccc(C#Cc2ccc3c(F)c(-c4ccc(CC(F)(F)F)c(F)c4)ccc3c2)cc1. The molecule has 4 rings (SSSR count). The summed E-state index contributed by atoms with van der Waals surface area (Å²) in [6, 6.07) is 19.8. The van der Waals surface area contributed by atoms with Crippen LogP contribution in [0.15, 0.2) is 72.8 Å². The van der Waals surface area contributed by atoms with E-state index in [0.29, 0.717) is 10.8 Å². The molecule has 0 nitrogen and oxygen atoms in total. The van der Waals surface area contributed by atoms with Crippen LogP contribution >= 0.6 is 0 Å². The summed E-state index contributed by atoms with van der Waals surface area (Å²) in [5, 5.41) is 0.956. The van der Waals surface area contributed by atoms with E-state index in [9.17, 15) is 17.6 Å². The molecule has 0 aliphatic heterocycles. The molecular formula is C31H25F5. The minimum atomic E-state index is -4.52. The van der Waals surface area contributed by atoms with Gasteiger partial charge in [0, 0.05) is 22.1 Å². The average Bonchev–Trinajstić information content (AvgIpc) is 2.84. The largest absolute Gasteiger partial charge is 0.393 e. The van der Waals surface area contributed by atoms with Crippen molar-refractivity contribution in [2.75, 3.05) is 0 Å². The predicted octanol–water partition coefficient (Wildman–Crippen LogP) is 9.02.